The Bertz CT molecular complexity index is 877. The molecule has 4 nitrogen and oxygen atoms in total. The maximum Gasteiger partial charge on any atom is 0.138 e. The molecule has 1 aliphatic rings. The van der Waals surface area contributed by atoms with Crippen molar-refractivity contribution in [3.05, 3.63) is 41.8 Å². The number of thiophene rings is 1. The third kappa shape index (κ3) is 3.57. The number of hydrogen-bond donors (Lipinski definition) is 1. The molecule has 0 aliphatic carbocycles. The van der Waals surface area contributed by atoms with Crippen molar-refractivity contribution in [3.8, 4) is 11.1 Å². The van der Waals surface area contributed by atoms with Gasteiger partial charge in [-0.3, -0.25) is 4.90 Å². The van der Waals surface area contributed by atoms with Gasteiger partial charge in [-0.25, -0.2) is 14.4 Å². The van der Waals surface area contributed by atoms with Gasteiger partial charge in [-0.15, -0.1) is 11.3 Å². The second kappa shape index (κ2) is 7.68. The molecule has 136 valence electrons. The van der Waals surface area contributed by atoms with E-state index in [1.165, 1.54) is 37.9 Å². The number of piperidine rings is 1. The number of nitrogens with zero attached hydrogens (tertiary/aromatic N) is 3. The molecule has 1 fully saturated rings. The highest BCUT2D eigenvalue weighted by Gasteiger charge is 2.18. The molecule has 3 aromatic rings. The second-order valence-corrected chi connectivity index (χ2v) is 7.72. The number of likely N-dealkylation sites (tertiary alicyclic amines) is 1. The Balaban J connectivity index is 1.55. The van der Waals surface area contributed by atoms with E-state index >= 15 is 0 Å². The lowest BCUT2D eigenvalue weighted by Crippen LogP contribution is -2.40. The van der Waals surface area contributed by atoms with E-state index in [-0.39, 0.29) is 5.82 Å². The summed E-state index contributed by atoms with van der Waals surface area (Å²) in [6, 6.07) is 7.26. The first-order valence-corrected chi connectivity index (χ1v) is 10.1. The Kier molecular flexibility index (Phi) is 5.13. The van der Waals surface area contributed by atoms with Crippen LogP contribution < -0.4 is 5.32 Å². The average Bonchev–Trinajstić information content (AvgIpc) is 3.09. The third-order valence-electron chi connectivity index (χ3n) is 5.16. The standard InChI is InChI=1S/C20H23FN4S/c1-14-4-2-3-10-25(14)11-9-22-19-18-17(12-26-20(18)24-13-23-19)15-5-7-16(21)8-6-15/h5-8,12-14H,2-4,9-11H2,1H3,(H,22,23,24)/t14-/m1/s1. The summed E-state index contributed by atoms with van der Waals surface area (Å²) in [5.41, 5.74) is 2.04. The third-order valence-corrected chi connectivity index (χ3v) is 6.04. The van der Waals surface area contributed by atoms with Gasteiger partial charge in [0.05, 0.1) is 5.39 Å². The highest BCUT2D eigenvalue weighted by Crippen LogP contribution is 2.36. The van der Waals surface area contributed by atoms with Gasteiger partial charge >= 0.3 is 0 Å². The van der Waals surface area contributed by atoms with Gasteiger partial charge in [0, 0.05) is 30.1 Å². The number of nitrogens with one attached hydrogen (secondary N) is 1. The van der Waals surface area contributed by atoms with E-state index in [9.17, 15) is 4.39 Å². The summed E-state index contributed by atoms with van der Waals surface area (Å²) in [6.07, 6.45) is 5.53. The smallest absolute Gasteiger partial charge is 0.138 e. The fourth-order valence-electron chi connectivity index (χ4n) is 3.66. The first-order chi connectivity index (χ1) is 12.7. The monoisotopic (exact) mass is 370 g/mol. The van der Waals surface area contributed by atoms with Crippen molar-refractivity contribution < 1.29 is 4.39 Å². The van der Waals surface area contributed by atoms with Crippen LogP contribution in [-0.2, 0) is 0 Å². The quantitative estimate of drug-likeness (QED) is 0.701. The number of benzene rings is 1. The van der Waals surface area contributed by atoms with E-state index in [1.54, 1.807) is 17.7 Å². The molecule has 1 aromatic carbocycles. The predicted molar refractivity (Wildman–Crippen MR) is 106 cm³/mol. The molecule has 26 heavy (non-hydrogen) atoms. The van der Waals surface area contributed by atoms with Crippen molar-refractivity contribution in [1.29, 1.82) is 0 Å². The minimum atomic E-state index is -0.224. The van der Waals surface area contributed by atoms with Crippen LogP contribution >= 0.6 is 11.3 Å². The molecule has 0 bridgehead atoms. The topological polar surface area (TPSA) is 41.0 Å². The molecule has 1 N–H and O–H groups in total. The Morgan fingerprint density at radius 1 is 1.23 bits per heavy atom. The summed E-state index contributed by atoms with van der Waals surface area (Å²) >= 11 is 1.59. The minimum absolute atomic E-state index is 0.224. The van der Waals surface area contributed by atoms with Crippen LogP contribution in [0.3, 0.4) is 0 Å². The summed E-state index contributed by atoms with van der Waals surface area (Å²) in [5, 5.41) is 6.60. The lowest BCUT2D eigenvalue weighted by Gasteiger charge is -2.33. The van der Waals surface area contributed by atoms with E-state index in [1.807, 2.05) is 12.1 Å². The Labute approximate surface area is 157 Å². The van der Waals surface area contributed by atoms with Crippen molar-refractivity contribution in [3.63, 3.8) is 0 Å². The maximum atomic E-state index is 13.3. The number of halogens is 1. The molecule has 1 atom stereocenters. The SMILES string of the molecule is C[C@@H]1CCCCN1CCNc1ncnc2scc(-c3ccc(F)cc3)c12. The van der Waals surface area contributed by atoms with Crippen molar-refractivity contribution in [2.75, 3.05) is 25.0 Å². The average molecular weight is 370 g/mol. The molecule has 6 heteroatoms. The van der Waals surface area contributed by atoms with Crippen molar-refractivity contribution in [2.24, 2.45) is 0 Å². The van der Waals surface area contributed by atoms with Crippen LogP contribution in [0.5, 0.6) is 0 Å². The summed E-state index contributed by atoms with van der Waals surface area (Å²) in [6.45, 7) is 5.37. The molecule has 2 aromatic heterocycles. The molecular weight excluding hydrogens is 347 g/mol. The van der Waals surface area contributed by atoms with Crippen LogP contribution in [0.15, 0.2) is 36.0 Å². The largest absolute Gasteiger partial charge is 0.368 e. The molecular formula is C20H23FN4S. The minimum Gasteiger partial charge on any atom is -0.368 e. The Hall–Kier alpha value is -2.05. The van der Waals surface area contributed by atoms with Crippen LogP contribution in [0, 0.1) is 5.82 Å². The van der Waals surface area contributed by atoms with Crippen molar-refractivity contribution >= 4 is 27.4 Å². The van der Waals surface area contributed by atoms with Gasteiger partial charge in [-0.1, -0.05) is 18.6 Å². The summed E-state index contributed by atoms with van der Waals surface area (Å²) in [5.74, 6) is 0.638. The van der Waals surface area contributed by atoms with Crippen LogP contribution in [-0.4, -0.2) is 40.5 Å². The number of rotatable bonds is 5. The number of hydrogen-bond acceptors (Lipinski definition) is 5. The maximum absolute atomic E-state index is 13.3. The van der Waals surface area contributed by atoms with E-state index in [2.05, 4.69) is 32.5 Å². The van der Waals surface area contributed by atoms with Gasteiger partial charge in [-0.05, 0) is 44.0 Å². The molecule has 0 saturated carbocycles. The molecule has 1 aliphatic heterocycles. The predicted octanol–water partition coefficient (Wildman–Crippen LogP) is 4.78. The van der Waals surface area contributed by atoms with Crippen molar-refractivity contribution in [1.82, 2.24) is 14.9 Å². The lowest BCUT2D eigenvalue weighted by molar-refractivity contribution is 0.167. The first kappa shape index (κ1) is 17.4. The van der Waals surface area contributed by atoms with Crippen LogP contribution in [0.4, 0.5) is 10.2 Å². The molecule has 3 heterocycles. The lowest BCUT2D eigenvalue weighted by atomic mass is 10.0. The van der Waals surface area contributed by atoms with Crippen LogP contribution in [0.1, 0.15) is 26.2 Å². The number of fused-ring (bicyclic) bond motifs is 1. The number of anilines is 1. The fourth-order valence-corrected chi connectivity index (χ4v) is 4.57. The van der Waals surface area contributed by atoms with E-state index in [0.29, 0.717) is 6.04 Å². The zero-order valence-corrected chi connectivity index (χ0v) is 15.7. The van der Waals surface area contributed by atoms with Gasteiger partial charge in [0.15, 0.2) is 0 Å². The van der Waals surface area contributed by atoms with E-state index in [4.69, 9.17) is 0 Å². The molecule has 4 rings (SSSR count). The molecule has 1 saturated heterocycles. The Morgan fingerprint density at radius 3 is 2.88 bits per heavy atom. The van der Waals surface area contributed by atoms with Crippen LogP contribution in [0.25, 0.3) is 21.3 Å². The summed E-state index contributed by atoms with van der Waals surface area (Å²) in [7, 11) is 0. The highest BCUT2D eigenvalue weighted by atomic mass is 32.1. The molecule has 0 spiro atoms. The van der Waals surface area contributed by atoms with Crippen molar-refractivity contribution in [2.45, 2.75) is 32.2 Å². The van der Waals surface area contributed by atoms with E-state index < -0.39 is 0 Å². The molecule has 0 amide bonds. The van der Waals surface area contributed by atoms with Gasteiger partial charge in [0.1, 0.15) is 22.8 Å². The molecule has 0 radical (unpaired) electrons. The van der Waals surface area contributed by atoms with Crippen LogP contribution in [0.2, 0.25) is 0 Å². The number of aromatic nitrogens is 2. The van der Waals surface area contributed by atoms with E-state index in [0.717, 1.165) is 40.3 Å². The first-order valence-electron chi connectivity index (χ1n) is 9.18. The summed E-state index contributed by atoms with van der Waals surface area (Å²) < 4.78 is 13.3. The zero-order valence-electron chi connectivity index (χ0n) is 14.9. The summed E-state index contributed by atoms with van der Waals surface area (Å²) in [4.78, 5) is 12.4. The fraction of sp³-hybridized carbons (Fsp3) is 0.400. The second-order valence-electron chi connectivity index (χ2n) is 6.87. The highest BCUT2D eigenvalue weighted by molar-refractivity contribution is 7.17. The normalized spacial score (nSPS) is 18.3. The van der Waals surface area contributed by atoms with Gasteiger partial charge in [-0.2, -0.15) is 0 Å². The Morgan fingerprint density at radius 2 is 2.08 bits per heavy atom. The zero-order chi connectivity index (χ0) is 17.9. The van der Waals surface area contributed by atoms with Gasteiger partial charge < -0.3 is 5.32 Å². The van der Waals surface area contributed by atoms with Gasteiger partial charge in [0.25, 0.3) is 0 Å². The van der Waals surface area contributed by atoms with Gasteiger partial charge in [0.2, 0.25) is 0 Å². The molecule has 0 unspecified atom stereocenters.